The van der Waals surface area contributed by atoms with Gasteiger partial charge < -0.3 is 10.6 Å². The van der Waals surface area contributed by atoms with Gasteiger partial charge in [-0.05, 0) is 25.9 Å². The molecule has 15 heavy (non-hydrogen) atoms. The summed E-state index contributed by atoms with van der Waals surface area (Å²) in [5.41, 5.74) is 6.67. The van der Waals surface area contributed by atoms with Crippen molar-refractivity contribution in [2.75, 3.05) is 13.6 Å². The van der Waals surface area contributed by atoms with E-state index in [2.05, 4.69) is 36.2 Å². The standard InChI is InChI=1S/C11H21N3S/c1-9(2)4-5-14(3)7-10-8-15-11(6-12)13-10/h8-9H,4-7,12H2,1-3H3. The third kappa shape index (κ3) is 4.73. The van der Waals surface area contributed by atoms with Crippen molar-refractivity contribution in [1.82, 2.24) is 9.88 Å². The average molecular weight is 227 g/mol. The van der Waals surface area contributed by atoms with Crippen molar-refractivity contribution in [1.29, 1.82) is 0 Å². The van der Waals surface area contributed by atoms with Gasteiger partial charge in [0.05, 0.1) is 5.69 Å². The van der Waals surface area contributed by atoms with E-state index in [1.54, 1.807) is 11.3 Å². The fourth-order valence-electron chi connectivity index (χ4n) is 1.35. The molecule has 0 saturated heterocycles. The molecule has 0 amide bonds. The second kappa shape index (κ2) is 6.20. The van der Waals surface area contributed by atoms with Crippen LogP contribution in [0.25, 0.3) is 0 Å². The molecule has 0 radical (unpaired) electrons. The quantitative estimate of drug-likeness (QED) is 0.809. The van der Waals surface area contributed by atoms with Crippen molar-refractivity contribution in [3.8, 4) is 0 Å². The summed E-state index contributed by atoms with van der Waals surface area (Å²) in [7, 11) is 2.14. The van der Waals surface area contributed by atoms with Crippen molar-refractivity contribution in [2.24, 2.45) is 11.7 Å². The van der Waals surface area contributed by atoms with Crippen molar-refractivity contribution in [2.45, 2.75) is 33.4 Å². The highest BCUT2D eigenvalue weighted by Gasteiger charge is 2.05. The van der Waals surface area contributed by atoms with Crippen molar-refractivity contribution in [3.05, 3.63) is 16.1 Å². The average Bonchev–Trinajstić information content (AvgIpc) is 2.62. The van der Waals surface area contributed by atoms with Gasteiger partial charge in [0, 0.05) is 18.5 Å². The van der Waals surface area contributed by atoms with E-state index in [-0.39, 0.29) is 0 Å². The Labute approximate surface area is 96.3 Å². The maximum absolute atomic E-state index is 5.53. The number of nitrogens with two attached hydrogens (primary N) is 1. The molecule has 0 aliphatic rings. The maximum Gasteiger partial charge on any atom is 0.106 e. The van der Waals surface area contributed by atoms with Crippen LogP contribution < -0.4 is 5.73 Å². The lowest BCUT2D eigenvalue weighted by molar-refractivity contribution is 0.300. The summed E-state index contributed by atoms with van der Waals surface area (Å²) in [6.45, 7) is 7.13. The van der Waals surface area contributed by atoms with Crippen LogP contribution in [-0.2, 0) is 13.1 Å². The van der Waals surface area contributed by atoms with Gasteiger partial charge in [-0.15, -0.1) is 11.3 Å². The summed E-state index contributed by atoms with van der Waals surface area (Å²) in [5.74, 6) is 0.766. The topological polar surface area (TPSA) is 42.1 Å². The fraction of sp³-hybridized carbons (Fsp3) is 0.727. The van der Waals surface area contributed by atoms with Crippen LogP contribution in [0.3, 0.4) is 0 Å². The number of aromatic nitrogens is 1. The van der Waals surface area contributed by atoms with Gasteiger partial charge >= 0.3 is 0 Å². The predicted octanol–water partition coefficient (Wildman–Crippen LogP) is 2.08. The molecule has 0 aliphatic heterocycles. The Morgan fingerprint density at radius 3 is 2.80 bits per heavy atom. The second-order valence-corrected chi connectivity index (χ2v) is 5.30. The minimum absolute atomic E-state index is 0.556. The maximum atomic E-state index is 5.53. The molecule has 0 bridgehead atoms. The van der Waals surface area contributed by atoms with Gasteiger partial charge in [0.1, 0.15) is 5.01 Å². The van der Waals surface area contributed by atoms with Crippen LogP contribution in [0.4, 0.5) is 0 Å². The van der Waals surface area contributed by atoms with Gasteiger partial charge in [-0.3, -0.25) is 0 Å². The van der Waals surface area contributed by atoms with E-state index in [0.29, 0.717) is 6.54 Å². The molecule has 1 aromatic rings. The van der Waals surface area contributed by atoms with Crippen LogP contribution in [0.15, 0.2) is 5.38 Å². The van der Waals surface area contributed by atoms with E-state index < -0.39 is 0 Å². The van der Waals surface area contributed by atoms with Gasteiger partial charge in [0.25, 0.3) is 0 Å². The summed E-state index contributed by atoms with van der Waals surface area (Å²) >= 11 is 1.65. The molecule has 0 aliphatic carbocycles. The monoisotopic (exact) mass is 227 g/mol. The van der Waals surface area contributed by atoms with Crippen LogP contribution in [0.1, 0.15) is 31.0 Å². The first-order valence-corrected chi connectivity index (χ1v) is 6.31. The number of hydrogen-bond donors (Lipinski definition) is 1. The smallest absolute Gasteiger partial charge is 0.106 e. The zero-order valence-electron chi connectivity index (χ0n) is 9.86. The van der Waals surface area contributed by atoms with E-state index in [1.165, 1.54) is 6.42 Å². The largest absolute Gasteiger partial charge is 0.325 e. The molecule has 4 heteroatoms. The Hall–Kier alpha value is -0.450. The fourth-order valence-corrected chi connectivity index (χ4v) is 2.01. The van der Waals surface area contributed by atoms with E-state index >= 15 is 0 Å². The zero-order valence-corrected chi connectivity index (χ0v) is 10.7. The molecule has 1 aromatic heterocycles. The van der Waals surface area contributed by atoms with Crippen LogP contribution in [0, 0.1) is 5.92 Å². The summed E-state index contributed by atoms with van der Waals surface area (Å²) in [5, 5.41) is 3.14. The number of rotatable bonds is 6. The number of hydrogen-bond acceptors (Lipinski definition) is 4. The van der Waals surface area contributed by atoms with Gasteiger partial charge in [-0.1, -0.05) is 13.8 Å². The first-order valence-electron chi connectivity index (χ1n) is 5.43. The lowest BCUT2D eigenvalue weighted by Crippen LogP contribution is -2.20. The minimum atomic E-state index is 0.556. The van der Waals surface area contributed by atoms with Crippen LogP contribution in [-0.4, -0.2) is 23.5 Å². The SMILES string of the molecule is CC(C)CCN(C)Cc1csc(CN)n1. The number of nitrogens with zero attached hydrogens (tertiary/aromatic N) is 2. The van der Waals surface area contributed by atoms with E-state index in [4.69, 9.17) is 5.73 Å². The van der Waals surface area contributed by atoms with Crippen LogP contribution in [0.5, 0.6) is 0 Å². The van der Waals surface area contributed by atoms with Crippen molar-refractivity contribution >= 4 is 11.3 Å². The summed E-state index contributed by atoms with van der Waals surface area (Å²) in [6.07, 6.45) is 1.24. The molecule has 0 fully saturated rings. The van der Waals surface area contributed by atoms with Crippen molar-refractivity contribution in [3.63, 3.8) is 0 Å². The Kier molecular flexibility index (Phi) is 5.22. The van der Waals surface area contributed by atoms with Gasteiger partial charge in [-0.2, -0.15) is 0 Å². The summed E-state index contributed by atoms with van der Waals surface area (Å²) in [4.78, 5) is 6.76. The third-order valence-corrected chi connectivity index (χ3v) is 3.21. The molecular formula is C11H21N3S. The normalized spacial score (nSPS) is 11.6. The predicted molar refractivity (Wildman–Crippen MR) is 65.8 cm³/mol. The molecule has 3 nitrogen and oxygen atoms in total. The van der Waals surface area contributed by atoms with E-state index in [1.807, 2.05) is 0 Å². The lowest BCUT2D eigenvalue weighted by atomic mass is 10.1. The minimum Gasteiger partial charge on any atom is -0.325 e. The number of thiazole rings is 1. The second-order valence-electron chi connectivity index (χ2n) is 4.36. The molecule has 0 atom stereocenters. The Morgan fingerprint density at radius 2 is 2.27 bits per heavy atom. The molecule has 1 heterocycles. The summed E-state index contributed by atoms with van der Waals surface area (Å²) in [6, 6.07) is 0. The molecule has 0 aromatic carbocycles. The zero-order chi connectivity index (χ0) is 11.3. The van der Waals surface area contributed by atoms with E-state index in [9.17, 15) is 0 Å². The Bertz CT molecular complexity index is 283. The van der Waals surface area contributed by atoms with Crippen LogP contribution >= 0.6 is 11.3 Å². The molecule has 0 spiro atoms. The highest BCUT2D eigenvalue weighted by Crippen LogP contribution is 2.11. The van der Waals surface area contributed by atoms with E-state index in [0.717, 1.165) is 29.7 Å². The molecule has 1 rings (SSSR count). The molecular weight excluding hydrogens is 206 g/mol. The Morgan fingerprint density at radius 1 is 1.53 bits per heavy atom. The molecule has 86 valence electrons. The molecule has 2 N–H and O–H groups in total. The lowest BCUT2D eigenvalue weighted by Gasteiger charge is -2.16. The Balaban J connectivity index is 2.33. The molecule has 0 saturated carbocycles. The molecule has 0 unspecified atom stereocenters. The van der Waals surface area contributed by atoms with Crippen molar-refractivity contribution < 1.29 is 0 Å². The third-order valence-electron chi connectivity index (χ3n) is 2.29. The summed E-state index contributed by atoms with van der Waals surface area (Å²) < 4.78 is 0. The highest BCUT2D eigenvalue weighted by atomic mass is 32.1. The first kappa shape index (κ1) is 12.6. The first-order chi connectivity index (χ1) is 7.11. The van der Waals surface area contributed by atoms with Crippen LogP contribution in [0.2, 0.25) is 0 Å². The van der Waals surface area contributed by atoms with Gasteiger partial charge in [0.15, 0.2) is 0 Å². The van der Waals surface area contributed by atoms with Gasteiger partial charge in [0.2, 0.25) is 0 Å². The highest BCUT2D eigenvalue weighted by molar-refractivity contribution is 7.09. The van der Waals surface area contributed by atoms with Gasteiger partial charge in [-0.25, -0.2) is 4.98 Å².